The highest BCUT2D eigenvalue weighted by atomic mass is 16.2. The normalized spacial score (nSPS) is 22.4. The van der Waals surface area contributed by atoms with Crippen LogP contribution in [0.5, 0.6) is 0 Å². The van der Waals surface area contributed by atoms with Crippen LogP contribution < -0.4 is 15.1 Å². The molecule has 2 amide bonds. The fourth-order valence-electron chi connectivity index (χ4n) is 3.09. The van der Waals surface area contributed by atoms with Gasteiger partial charge in [0.1, 0.15) is 0 Å². The smallest absolute Gasteiger partial charge is 0.277 e. The van der Waals surface area contributed by atoms with Crippen LogP contribution in [-0.2, 0) is 9.59 Å². The number of hydrogen-bond donors (Lipinski definition) is 2. The number of rotatable bonds is 3. The van der Waals surface area contributed by atoms with Crippen molar-refractivity contribution in [3.05, 3.63) is 30.3 Å². The van der Waals surface area contributed by atoms with Crippen LogP contribution >= 0.6 is 0 Å². The molecule has 0 spiro atoms. The number of piperazine rings is 2. The summed E-state index contributed by atoms with van der Waals surface area (Å²) in [6, 6.07) is 10.3. The van der Waals surface area contributed by atoms with Gasteiger partial charge in [0.2, 0.25) is 0 Å². The second-order valence-electron chi connectivity index (χ2n) is 5.91. The number of benzene rings is 1. The summed E-state index contributed by atoms with van der Waals surface area (Å²) in [5, 5.41) is 2.80. The predicted molar refractivity (Wildman–Crippen MR) is 83.8 cm³/mol. The quantitative estimate of drug-likeness (QED) is 0.703. The van der Waals surface area contributed by atoms with Crippen molar-refractivity contribution in [3.8, 4) is 0 Å². The molecule has 1 atom stereocenters. The van der Waals surface area contributed by atoms with Gasteiger partial charge in [-0.3, -0.25) is 9.59 Å². The van der Waals surface area contributed by atoms with E-state index in [1.54, 1.807) is 0 Å². The summed E-state index contributed by atoms with van der Waals surface area (Å²) in [6.07, 6.45) is 0. The Bertz CT molecular complexity index is 526. The van der Waals surface area contributed by atoms with E-state index in [-0.39, 0.29) is 11.8 Å². The second-order valence-corrected chi connectivity index (χ2v) is 5.91. The minimum atomic E-state index is 0.0444. The lowest BCUT2D eigenvalue weighted by Crippen LogP contribution is -3.16. The second kappa shape index (κ2) is 6.79. The molecule has 0 bridgehead atoms. The molecule has 2 N–H and O–H groups in total. The molecule has 1 aromatic rings. The number of nitrogens with one attached hydrogen (secondary N) is 2. The van der Waals surface area contributed by atoms with Crippen LogP contribution in [0.1, 0.15) is 0 Å². The Morgan fingerprint density at radius 1 is 1.14 bits per heavy atom. The average molecular weight is 303 g/mol. The van der Waals surface area contributed by atoms with Crippen LogP contribution in [0.4, 0.5) is 5.69 Å². The van der Waals surface area contributed by atoms with Gasteiger partial charge in [0.25, 0.3) is 11.8 Å². The first-order chi connectivity index (χ1) is 10.7. The number of para-hydroxylation sites is 1. The number of carbonyl (C=O) groups is 2. The van der Waals surface area contributed by atoms with Gasteiger partial charge in [-0.15, -0.1) is 0 Å². The summed E-state index contributed by atoms with van der Waals surface area (Å²) in [7, 11) is 0. The number of amides is 2. The molecule has 1 aromatic carbocycles. The molecular weight excluding hydrogens is 280 g/mol. The Morgan fingerprint density at radius 3 is 2.55 bits per heavy atom. The number of quaternary nitrogens is 1. The van der Waals surface area contributed by atoms with E-state index in [4.69, 9.17) is 0 Å². The first kappa shape index (κ1) is 14.8. The van der Waals surface area contributed by atoms with E-state index in [0.717, 1.165) is 37.6 Å². The lowest BCUT2D eigenvalue weighted by atomic mass is 10.2. The van der Waals surface area contributed by atoms with Gasteiger partial charge in [-0.05, 0) is 12.1 Å². The van der Waals surface area contributed by atoms with Gasteiger partial charge < -0.3 is 20.0 Å². The summed E-state index contributed by atoms with van der Waals surface area (Å²) in [5.41, 5.74) is 1.22. The Balaban J connectivity index is 1.48. The molecule has 0 radical (unpaired) electrons. The Labute approximate surface area is 130 Å². The first-order valence-corrected chi connectivity index (χ1v) is 7.90. The number of anilines is 1. The van der Waals surface area contributed by atoms with Crippen molar-refractivity contribution >= 4 is 17.5 Å². The third-order valence-corrected chi connectivity index (χ3v) is 4.37. The average Bonchev–Trinajstić information content (AvgIpc) is 2.56. The molecule has 3 rings (SSSR count). The third kappa shape index (κ3) is 3.57. The standard InChI is InChI=1S/C16H22N4O2/c21-15-12-18(7-6-17-15)13-16(22)20-10-8-19(9-11-20)14-4-2-1-3-5-14/h1-5H,6-13H2,(H,17,21)/p+1. The van der Waals surface area contributed by atoms with Gasteiger partial charge in [0.15, 0.2) is 13.1 Å². The molecule has 6 heteroatoms. The molecule has 2 fully saturated rings. The largest absolute Gasteiger partial charge is 0.368 e. The fourth-order valence-corrected chi connectivity index (χ4v) is 3.09. The lowest BCUT2D eigenvalue weighted by molar-refractivity contribution is -0.885. The van der Waals surface area contributed by atoms with Crippen molar-refractivity contribution in [2.45, 2.75) is 0 Å². The Morgan fingerprint density at radius 2 is 1.86 bits per heavy atom. The van der Waals surface area contributed by atoms with Gasteiger partial charge in [0.05, 0.1) is 13.1 Å². The highest BCUT2D eigenvalue weighted by molar-refractivity contribution is 5.79. The van der Waals surface area contributed by atoms with E-state index < -0.39 is 0 Å². The van der Waals surface area contributed by atoms with Crippen molar-refractivity contribution in [1.29, 1.82) is 0 Å². The minimum Gasteiger partial charge on any atom is -0.368 e. The molecule has 0 aromatic heterocycles. The molecule has 118 valence electrons. The maximum Gasteiger partial charge on any atom is 0.277 e. The number of carbonyl (C=O) groups excluding carboxylic acids is 2. The van der Waals surface area contributed by atoms with Crippen molar-refractivity contribution in [1.82, 2.24) is 10.2 Å². The van der Waals surface area contributed by atoms with Crippen LogP contribution in [0, 0.1) is 0 Å². The zero-order valence-corrected chi connectivity index (χ0v) is 12.8. The summed E-state index contributed by atoms with van der Waals surface area (Å²) in [4.78, 5) is 29.0. The third-order valence-electron chi connectivity index (χ3n) is 4.37. The predicted octanol–water partition coefficient (Wildman–Crippen LogP) is -1.65. The fraction of sp³-hybridized carbons (Fsp3) is 0.500. The first-order valence-electron chi connectivity index (χ1n) is 7.90. The van der Waals surface area contributed by atoms with Crippen LogP contribution in [0.15, 0.2) is 30.3 Å². The van der Waals surface area contributed by atoms with Crippen molar-refractivity contribution in [2.24, 2.45) is 0 Å². The van der Waals surface area contributed by atoms with Gasteiger partial charge in [-0.2, -0.15) is 0 Å². The molecule has 0 saturated carbocycles. The highest BCUT2D eigenvalue weighted by Crippen LogP contribution is 2.15. The molecule has 0 aliphatic carbocycles. The van der Waals surface area contributed by atoms with Crippen LogP contribution in [0.2, 0.25) is 0 Å². The van der Waals surface area contributed by atoms with E-state index >= 15 is 0 Å². The summed E-state index contributed by atoms with van der Waals surface area (Å²) in [6.45, 7) is 5.59. The molecule has 6 nitrogen and oxygen atoms in total. The lowest BCUT2D eigenvalue weighted by Gasteiger charge is -2.36. The zero-order chi connectivity index (χ0) is 15.4. The molecule has 2 saturated heterocycles. The van der Waals surface area contributed by atoms with E-state index in [9.17, 15) is 9.59 Å². The molecule has 1 unspecified atom stereocenters. The summed E-state index contributed by atoms with van der Waals surface area (Å²) < 4.78 is 0. The number of nitrogens with zero attached hydrogens (tertiary/aromatic N) is 2. The van der Waals surface area contributed by atoms with Crippen LogP contribution in [0.25, 0.3) is 0 Å². The van der Waals surface area contributed by atoms with E-state index in [0.29, 0.717) is 19.6 Å². The van der Waals surface area contributed by atoms with E-state index in [2.05, 4.69) is 22.3 Å². The molecule has 22 heavy (non-hydrogen) atoms. The summed E-state index contributed by atoms with van der Waals surface area (Å²) >= 11 is 0. The van der Waals surface area contributed by atoms with Gasteiger partial charge >= 0.3 is 0 Å². The van der Waals surface area contributed by atoms with Gasteiger partial charge in [-0.1, -0.05) is 18.2 Å². The Kier molecular flexibility index (Phi) is 4.58. The highest BCUT2D eigenvalue weighted by Gasteiger charge is 2.27. The van der Waals surface area contributed by atoms with Gasteiger partial charge in [0, 0.05) is 31.9 Å². The maximum absolute atomic E-state index is 12.4. The van der Waals surface area contributed by atoms with Crippen LogP contribution in [-0.4, -0.2) is 69.1 Å². The van der Waals surface area contributed by atoms with Crippen LogP contribution in [0.3, 0.4) is 0 Å². The molecule has 2 heterocycles. The molecular formula is C16H23N4O2+. The SMILES string of the molecule is O=C1C[NH+](CC(=O)N2CCN(c3ccccc3)CC2)CCN1. The zero-order valence-electron chi connectivity index (χ0n) is 12.8. The van der Waals surface area contributed by atoms with Gasteiger partial charge in [-0.25, -0.2) is 0 Å². The summed E-state index contributed by atoms with van der Waals surface area (Å²) in [5.74, 6) is 0.209. The minimum absolute atomic E-state index is 0.0444. The van der Waals surface area contributed by atoms with Crippen molar-refractivity contribution in [2.75, 3.05) is 57.3 Å². The molecule has 2 aliphatic heterocycles. The van der Waals surface area contributed by atoms with E-state index in [1.165, 1.54) is 5.69 Å². The molecule has 2 aliphatic rings. The van der Waals surface area contributed by atoms with E-state index in [1.807, 2.05) is 23.1 Å². The number of hydrogen-bond acceptors (Lipinski definition) is 3. The van der Waals surface area contributed by atoms with Crippen molar-refractivity contribution < 1.29 is 14.5 Å². The monoisotopic (exact) mass is 303 g/mol. The maximum atomic E-state index is 12.4. The van der Waals surface area contributed by atoms with Crippen molar-refractivity contribution in [3.63, 3.8) is 0 Å². The topological polar surface area (TPSA) is 57.1 Å². The Hall–Kier alpha value is -2.08.